The van der Waals surface area contributed by atoms with E-state index >= 15 is 0 Å². The molecule has 10 nitrogen and oxygen atoms in total. The van der Waals surface area contributed by atoms with E-state index < -0.39 is 10.8 Å². The molecule has 4 N–H and O–H groups in total. The van der Waals surface area contributed by atoms with Gasteiger partial charge in [-0.2, -0.15) is 5.10 Å². The number of hydrogen-bond donors (Lipinski definition) is 3. The zero-order valence-electron chi connectivity index (χ0n) is 11.1. The van der Waals surface area contributed by atoms with Crippen LogP contribution < -0.4 is 16.6 Å². The number of hydrogen-bond acceptors (Lipinski definition) is 7. The topological polar surface area (TPSA) is 141 Å². The van der Waals surface area contributed by atoms with Crippen LogP contribution in [0.1, 0.15) is 16.2 Å². The first-order valence-electron chi connectivity index (χ1n) is 5.89. The van der Waals surface area contributed by atoms with Crippen molar-refractivity contribution in [3.63, 3.8) is 0 Å². The molecule has 0 saturated carbocycles. The summed E-state index contributed by atoms with van der Waals surface area (Å²) in [5, 5.41) is 17.5. The fraction of sp³-hybridized carbons (Fsp3) is 0.182. The highest BCUT2D eigenvalue weighted by atomic mass is 16.6. The number of nitrogen functional groups attached to an aromatic ring is 1. The maximum absolute atomic E-state index is 12.0. The monoisotopic (exact) mass is 291 g/mol. The van der Waals surface area contributed by atoms with Crippen LogP contribution in [0.2, 0.25) is 0 Å². The van der Waals surface area contributed by atoms with Gasteiger partial charge < -0.3 is 10.7 Å². The van der Waals surface area contributed by atoms with E-state index in [2.05, 4.69) is 20.8 Å². The molecule has 0 fully saturated rings. The normalized spacial score (nSPS) is 10.2. The first-order valence-corrected chi connectivity index (χ1v) is 5.89. The van der Waals surface area contributed by atoms with Crippen molar-refractivity contribution in [2.24, 2.45) is 12.9 Å². The second-order valence-corrected chi connectivity index (χ2v) is 4.15. The van der Waals surface area contributed by atoms with Gasteiger partial charge in [-0.15, -0.1) is 0 Å². The molecule has 21 heavy (non-hydrogen) atoms. The summed E-state index contributed by atoms with van der Waals surface area (Å²) in [6, 6.07) is 3.95. The van der Waals surface area contributed by atoms with Gasteiger partial charge in [-0.25, -0.2) is 4.98 Å². The number of benzene rings is 1. The number of nitro benzene ring substituents is 1. The Morgan fingerprint density at radius 1 is 1.52 bits per heavy atom. The maximum atomic E-state index is 12.0. The van der Waals surface area contributed by atoms with Crippen molar-refractivity contribution in [3.8, 4) is 0 Å². The van der Waals surface area contributed by atoms with Crippen LogP contribution in [0.25, 0.3) is 0 Å². The van der Waals surface area contributed by atoms with Gasteiger partial charge in [0.1, 0.15) is 12.0 Å². The smallest absolute Gasteiger partial charge is 0.294 e. The number of nitrogens with two attached hydrogens (primary N) is 1. The Morgan fingerprint density at radius 2 is 2.29 bits per heavy atom. The van der Waals surface area contributed by atoms with Crippen molar-refractivity contribution in [1.82, 2.24) is 20.1 Å². The summed E-state index contributed by atoms with van der Waals surface area (Å²) >= 11 is 0. The average molecular weight is 291 g/mol. The van der Waals surface area contributed by atoms with Gasteiger partial charge in [0, 0.05) is 18.7 Å². The van der Waals surface area contributed by atoms with Crippen molar-refractivity contribution >= 4 is 17.3 Å². The maximum Gasteiger partial charge on any atom is 0.294 e. The number of carbonyl (C=O) groups excluding carboxylic acids is 1. The van der Waals surface area contributed by atoms with E-state index in [0.29, 0.717) is 5.82 Å². The number of amides is 1. The molecule has 0 spiro atoms. The molecule has 0 radical (unpaired) electrons. The Hall–Kier alpha value is -3.01. The molecule has 0 aliphatic rings. The third-order valence-electron chi connectivity index (χ3n) is 2.67. The Morgan fingerprint density at radius 3 is 2.86 bits per heavy atom. The molecule has 1 heterocycles. The molecular weight excluding hydrogens is 278 g/mol. The lowest BCUT2D eigenvalue weighted by molar-refractivity contribution is -0.384. The lowest BCUT2D eigenvalue weighted by Gasteiger charge is -2.05. The van der Waals surface area contributed by atoms with Crippen molar-refractivity contribution in [2.75, 3.05) is 5.43 Å². The highest BCUT2D eigenvalue weighted by Gasteiger charge is 2.17. The van der Waals surface area contributed by atoms with Crippen LogP contribution in [0.4, 0.5) is 11.4 Å². The Kier molecular flexibility index (Phi) is 4.09. The molecule has 0 saturated heterocycles. The second-order valence-electron chi connectivity index (χ2n) is 4.15. The summed E-state index contributed by atoms with van der Waals surface area (Å²) in [5.41, 5.74) is 2.21. The molecule has 2 rings (SSSR count). The summed E-state index contributed by atoms with van der Waals surface area (Å²) in [5.74, 6) is 5.16. The highest BCUT2D eigenvalue weighted by molar-refractivity contribution is 5.95. The van der Waals surface area contributed by atoms with Crippen molar-refractivity contribution in [1.29, 1.82) is 0 Å². The zero-order chi connectivity index (χ0) is 15.4. The number of aryl methyl sites for hydroxylation is 1. The van der Waals surface area contributed by atoms with Crippen molar-refractivity contribution < 1.29 is 9.72 Å². The first-order chi connectivity index (χ1) is 10.0. The molecular formula is C11H13N7O3. The zero-order valence-corrected chi connectivity index (χ0v) is 11.1. The number of nitrogens with zero attached hydrogens (tertiary/aromatic N) is 4. The van der Waals surface area contributed by atoms with Gasteiger partial charge in [-0.05, 0) is 12.1 Å². The standard InChI is InChI=1S/C11H13N7O3/c1-17-6-14-10(16-17)5-13-11(19)7-2-3-8(15-12)9(4-7)18(20)21/h2-4,6,15H,5,12H2,1H3,(H,13,19). The van der Waals surface area contributed by atoms with Crippen LogP contribution in [0.15, 0.2) is 24.5 Å². The molecule has 2 aromatic rings. The molecule has 0 bridgehead atoms. The average Bonchev–Trinajstić information content (AvgIpc) is 2.89. The lowest BCUT2D eigenvalue weighted by atomic mass is 10.1. The number of hydrazine groups is 1. The van der Waals surface area contributed by atoms with E-state index in [1.807, 2.05) is 0 Å². The highest BCUT2D eigenvalue weighted by Crippen LogP contribution is 2.24. The molecule has 1 aromatic carbocycles. The van der Waals surface area contributed by atoms with Crippen LogP contribution in [-0.4, -0.2) is 25.6 Å². The summed E-state index contributed by atoms with van der Waals surface area (Å²) < 4.78 is 1.51. The molecule has 1 aromatic heterocycles. The van der Waals surface area contributed by atoms with E-state index in [1.165, 1.54) is 23.1 Å². The number of aromatic nitrogens is 3. The third-order valence-corrected chi connectivity index (χ3v) is 2.67. The lowest BCUT2D eigenvalue weighted by Crippen LogP contribution is -2.23. The molecule has 0 aliphatic carbocycles. The predicted molar refractivity (Wildman–Crippen MR) is 73.1 cm³/mol. The number of rotatable bonds is 5. The minimum Gasteiger partial charge on any atom is -0.345 e. The van der Waals surface area contributed by atoms with Crippen LogP contribution in [-0.2, 0) is 13.6 Å². The molecule has 110 valence electrons. The first kappa shape index (κ1) is 14.4. The Balaban J connectivity index is 2.12. The van der Waals surface area contributed by atoms with Crippen LogP contribution >= 0.6 is 0 Å². The van der Waals surface area contributed by atoms with E-state index in [-0.39, 0.29) is 23.5 Å². The van der Waals surface area contributed by atoms with E-state index in [4.69, 9.17) is 5.84 Å². The number of nitro groups is 1. The molecule has 0 atom stereocenters. The van der Waals surface area contributed by atoms with Gasteiger partial charge in [0.15, 0.2) is 5.82 Å². The van der Waals surface area contributed by atoms with E-state index in [1.54, 1.807) is 7.05 Å². The van der Waals surface area contributed by atoms with Crippen LogP contribution in [0.3, 0.4) is 0 Å². The number of carbonyl (C=O) groups is 1. The summed E-state index contributed by atoms with van der Waals surface area (Å²) in [6.45, 7) is 0.129. The van der Waals surface area contributed by atoms with Gasteiger partial charge in [-0.3, -0.25) is 25.4 Å². The summed E-state index contributed by atoms with van der Waals surface area (Å²) in [4.78, 5) is 26.2. The van der Waals surface area contributed by atoms with Gasteiger partial charge in [0.25, 0.3) is 11.6 Å². The minimum atomic E-state index is -0.619. The Bertz CT molecular complexity index is 682. The Labute approximate surface area is 119 Å². The third kappa shape index (κ3) is 3.30. The largest absolute Gasteiger partial charge is 0.345 e. The minimum absolute atomic E-state index is 0.128. The van der Waals surface area contributed by atoms with Crippen LogP contribution in [0, 0.1) is 10.1 Å². The van der Waals surface area contributed by atoms with Gasteiger partial charge in [0.2, 0.25) is 0 Å². The predicted octanol–water partition coefficient (Wildman–Crippen LogP) is -0.0611. The fourth-order valence-electron chi connectivity index (χ4n) is 1.67. The van der Waals surface area contributed by atoms with Gasteiger partial charge >= 0.3 is 0 Å². The number of nitrogens with one attached hydrogen (secondary N) is 2. The van der Waals surface area contributed by atoms with Crippen LogP contribution in [0.5, 0.6) is 0 Å². The van der Waals surface area contributed by atoms with Crippen molar-refractivity contribution in [3.05, 3.63) is 46.0 Å². The SMILES string of the molecule is Cn1cnc(CNC(=O)c2ccc(NN)c([N+](=O)[O-])c2)n1. The van der Waals surface area contributed by atoms with Crippen molar-refractivity contribution in [2.45, 2.75) is 6.54 Å². The van der Waals surface area contributed by atoms with E-state index in [0.717, 1.165) is 6.07 Å². The van der Waals surface area contributed by atoms with E-state index in [9.17, 15) is 14.9 Å². The fourth-order valence-corrected chi connectivity index (χ4v) is 1.67. The number of anilines is 1. The summed E-state index contributed by atoms with van der Waals surface area (Å²) in [7, 11) is 1.71. The van der Waals surface area contributed by atoms with Gasteiger partial charge in [-0.1, -0.05) is 0 Å². The van der Waals surface area contributed by atoms with Gasteiger partial charge in [0.05, 0.1) is 11.5 Å². The molecule has 0 unspecified atom stereocenters. The molecule has 0 aliphatic heterocycles. The molecule has 1 amide bonds. The quantitative estimate of drug-likeness (QED) is 0.398. The molecule has 10 heteroatoms. The summed E-state index contributed by atoms with van der Waals surface area (Å²) in [6.07, 6.45) is 1.51. The second kappa shape index (κ2) is 5.96.